The number of nitrogens with one attached hydrogen (secondary N) is 1. The Balaban J connectivity index is 2.10. The quantitative estimate of drug-likeness (QED) is 0.614. The number of imidazole rings is 1. The Morgan fingerprint density at radius 1 is 1.20 bits per heavy atom. The maximum absolute atomic E-state index is 10.6. The third-order valence-corrected chi connectivity index (χ3v) is 3.19. The number of hydrogen-bond donors (Lipinski definition) is 3. The Hall–Kier alpha value is -2.44. The molecule has 2 atom stereocenters. The molecule has 0 bridgehead atoms. The van der Waals surface area contributed by atoms with Crippen LogP contribution in [0.3, 0.4) is 0 Å². The fourth-order valence-corrected chi connectivity index (χ4v) is 2.14. The molecule has 0 aliphatic carbocycles. The van der Waals surface area contributed by atoms with Gasteiger partial charge in [-0.05, 0) is 22.9 Å². The number of carbonyl (C=O) groups excluding carboxylic acids is 1. The average Bonchev–Trinajstić information content (AvgIpc) is 2.85. The van der Waals surface area contributed by atoms with E-state index in [1.165, 1.54) is 0 Å². The molecule has 0 aliphatic heterocycles. The van der Waals surface area contributed by atoms with Crippen molar-refractivity contribution in [3.05, 3.63) is 42.2 Å². The zero-order valence-electron chi connectivity index (χ0n) is 10.3. The molecule has 6 heteroatoms. The Morgan fingerprint density at radius 2 is 1.85 bits per heavy atom. The lowest BCUT2D eigenvalue weighted by molar-refractivity contribution is -0.318. The Morgan fingerprint density at radius 3 is 2.50 bits per heavy atom. The first-order valence-electron chi connectivity index (χ1n) is 6.01. The fraction of sp³-hybridized carbons (Fsp3) is 0.143. The number of fused-ring (bicyclic) bond motifs is 2. The van der Waals surface area contributed by atoms with Gasteiger partial charge in [-0.2, -0.15) is 0 Å². The fourth-order valence-electron chi connectivity index (χ4n) is 2.14. The number of H-pyrrole nitrogens is 1. The van der Waals surface area contributed by atoms with E-state index in [-0.39, 0.29) is 5.82 Å². The van der Waals surface area contributed by atoms with Gasteiger partial charge in [-0.25, -0.2) is 4.98 Å². The summed E-state index contributed by atoms with van der Waals surface area (Å²) in [7, 11) is 0. The maximum atomic E-state index is 10.6. The summed E-state index contributed by atoms with van der Waals surface area (Å²) in [5, 5.41) is 31.6. The van der Waals surface area contributed by atoms with Gasteiger partial charge >= 0.3 is 0 Å². The summed E-state index contributed by atoms with van der Waals surface area (Å²) in [5.41, 5.74) is 1.24. The molecule has 0 radical (unpaired) electrons. The summed E-state index contributed by atoms with van der Waals surface area (Å²) in [4.78, 5) is 17.5. The number of carboxylic acid groups (broad SMARTS) is 1. The van der Waals surface area contributed by atoms with Crippen molar-refractivity contribution in [1.29, 1.82) is 0 Å². The van der Waals surface area contributed by atoms with Gasteiger partial charge in [0.2, 0.25) is 0 Å². The molecule has 0 unspecified atom stereocenters. The molecule has 0 saturated heterocycles. The van der Waals surface area contributed by atoms with Crippen molar-refractivity contribution in [2.45, 2.75) is 12.2 Å². The highest BCUT2D eigenvalue weighted by molar-refractivity contribution is 5.95. The van der Waals surface area contributed by atoms with Crippen molar-refractivity contribution in [1.82, 2.24) is 9.97 Å². The van der Waals surface area contributed by atoms with Gasteiger partial charge in [0.1, 0.15) is 18.0 Å². The van der Waals surface area contributed by atoms with E-state index >= 15 is 0 Å². The number of aliphatic hydroxyl groups is 2. The number of aromatic nitrogens is 2. The topological polar surface area (TPSA) is 109 Å². The number of nitrogens with zero attached hydrogens (tertiary/aromatic N) is 1. The molecular weight excluding hydrogens is 260 g/mol. The average molecular weight is 271 g/mol. The molecule has 0 saturated carbocycles. The van der Waals surface area contributed by atoms with Crippen LogP contribution in [0, 0.1) is 0 Å². The highest BCUT2D eigenvalue weighted by atomic mass is 16.4. The maximum Gasteiger partial charge on any atom is 0.143 e. The van der Waals surface area contributed by atoms with Crippen LogP contribution in [0.2, 0.25) is 0 Å². The van der Waals surface area contributed by atoms with Crippen molar-refractivity contribution in [2.75, 3.05) is 0 Å². The van der Waals surface area contributed by atoms with Crippen LogP contribution in [-0.2, 0) is 4.79 Å². The number of aliphatic hydroxyl groups excluding tert-OH is 2. The molecular formula is C14H11N2O4-. The Labute approximate surface area is 113 Å². The smallest absolute Gasteiger partial charge is 0.143 e. The number of rotatable bonds is 3. The first-order chi connectivity index (χ1) is 9.56. The van der Waals surface area contributed by atoms with Crippen molar-refractivity contribution >= 4 is 27.8 Å². The monoisotopic (exact) mass is 271 g/mol. The molecule has 1 heterocycles. The molecule has 6 nitrogen and oxygen atoms in total. The molecule has 3 aromatic rings. The third-order valence-electron chi connectivity index (χ3n) is 3.19. The predicted octanol–water partition coefficient (Wildman–Crippen LogP) is -0.140. The van der Waals surface area contributed by atoms with Gasteiger partial charge in [-0.1, -0.05) is 24.3 Å². The molecule has 20 heavy (non-hydrogen) atoms. The zero-order valence-corrected chi connectivity index (χ0v) is 10.3. The minimum atomic E-state index is -2.02. The summed E-state index contributed by atoms with van der Waals surface area (Å²) in [6, 6.07) is 11.3. The van der Waals surface area contributed by atoms with Gasteiger partial charge in [0.25, 0.3) is 0 Å². The highest BCUT2D eigenvalue weighted by Crippen LogP contribution is 2.23. The van der Waals surface area contributed by atoms with Gasteiger partial charge in [-0.3, -0.25) is 0 Å². The van der Waals surface area contributed by atoms with Gasteiger partial charge in [0, 0.05) is 0 Å². The second-order valence-corrected chi connectivity index (χ2v) is 4.55. The number of carbonyl (C=O) groups is 1. The minimum absolute atomic E-state index is 0.00740. The molecule has 0 aliphatic rings. The van der Waals surface area contributed by atoms with Gasteiger partial charge in [-0.15, -0.1) is 0 Å². The molecule has 1 aromatic heterocycles. The van der Waals surface area contributed by atoms with Crippen LogP contribution < -0.4 is 5.11 Å². The first-order valence-corrected chi connectivity index (χ1v) is 6.01. The van der Waals surface area contributed by atoms with Crippen molar-refractivity contribution in [3.8, 4) is 0 Å². The summed E-state index contributed by atoms with van der Waals surface area (Å²) in [6.07, 6.45) is -3.68. The van der Waals surface area contributed by atoms with E-state index in [2.05, 4.69) is 9.97 Å². The largest absolute Gasteiger partial charge is 0.547 e. The van der Waals surface area contributed by atoms with E-state index in [0.717, 1.165) is 10.8 Å². The zero-order chi connectivity index (χ0) is 14.3. The van der Waals surface area contributed by atoms with Gasteiger partial charge in [0.05, 0.1) is 17.0 Å². The number of aliphatic carboxylic acids is 1. The van der Waals surface area contributed by atoms with Gasteiger partial charge in [0.15, 0.2) is 0 Å². The van der Waals surface area contributed by atoms with E-state index in [1.807, 2.05) is 36.4 Å². The van der Waals surface area contributed by atoms with Crippen LogP contribution >= 0.6 is 0 Å². The van der Waals surface area contributed by atoms with Gasteiger partial charge < -0.3 is 25.1 Å². The van der Waals surface area contributed by atoms with Crippen LogP contribution in [0.1, 0.15) is 11.9 Å². The first kappa shape index (κ1) is 12.6. The van der Waals surface area contributed by atoms with Crippen LogP contribution in [-0.4, -0.2) is 32.3 Å². The van der Waals surface area contributed by atoms with E-state index in [1.54, 1.807) is 0 Å². The number of hydrogen-bond acceptors (Lipinski definition) is 5. The minimum Gasteiger partial charge on any atom is -0.547 e. The van der Waals surface area contributed by atoms with Crippen molar-refractivity contribution in [3.63, 3.8) is 0 Å². The summed E-state index contributed by atoms with van der Waals surface area (Å²) in [5.74, 6) is -1.75. The predicted molar refractivity (Wildman–Crippen MR) is 69.6 cm³/mol. The van der Waals surface area contributed by atoms with Crippen LogP contribution in [0.25, 0.3) is 21.8 Å². The third kappa shape index (κ3) is 2.01. The molecule has 0 fully saturated rings. The summed E-state index contributed by atoms with van der Waals surface area (Å²) < 4.78 is 0. The van der Waals surface area contributed by atoms with Crippen LogP contribution in [0.15, 0.2) is 36.4 Å². The molecule has 102 valence electrons. The highest BCUT2D eigenvalue weighted by Gasteiger charge is 2.22. The van der Waals surface area contributed by atoms with E-state index in [9.17, 15) is 20.1 Å². The van der Waals surface area contributed by atoms with Crippen molar-refractivity contribution in [2.24, 2.45) is 0 Å². The Kier molecular flexibility index (Phi) is 2.89. The SMILES string of the molecule is O=C([O-])[C@@H](O)[C@H](O)c1nc2cc3ccccc3cc2[nH]1. The molecule has 3 rings (SSSR count). The lowest BCUT2D eigenvalue weighted by Gasteiger charge is -2.15. The number of carboxylic acids is 1. The summed E-state index contributed by atoms with van der Waals surface area (Å²) >= 11 is 0. The van der Waals surface area contributed by atoms with E-state index in [0.29, 0.717) is 11.0 Å². The Bertz CT molecular complexity index is 744. The lowest BCUT2D eigenvalue weighted by Crippen LogP contribution is -2.39. The molecule has 3 N–H and O–H groups in total. The summed E-state index contributed by atoms with van der Waals surface area (Å²) in [6.45, 7) is 0. The second kappa shape index (κ2) is 4.59. The lowest BCUT2D eigenvalue weighted by atomic mass is 10.1. The number of benzene rings is 2. The molecule has 2 aromatic carbocycles. The standard InChI is InChI=1S/C14H12N2O4/c17-11(12(18)14(19)20)13-15-9-5-7-3-1-2-4-8(7)6-10(9)16-13/h1-6,11-12,17-18H,(H,15,16)(H,19,20)/p-1/t11-,12-/m0/s1. The number of aromatic amines is 1. The van der Waals surface area contributed by atoms with E-state index < -0.39 is 18.2 Å². The van der Waals surface area contributed by atoms with Crippen LogP contribution in [0.5, 0.6) is 0 Å². The molecule has 0 amide bonds. The van der Waals surface area contributed by atoms with Crippen molar-refractivity contribution < 1.29 is 20.1 Å². The second-order valence-electron chi connectivity index (χ2n) is 4.55. The normalized spacial score (nSPS) is 14.5. The molecule has 0 spiro atoms. The van der Waals surface area contributed by atoms with Crippen LogP contribution in [0.4, 0.5) is 0 Å². The van der Waals surface area contributed by atoms with E-state index in [4.69, 9.17) is 0 Å².